The smallest absolute Gasteiger partial charge is 0.252 e. The van der Waals surface area contributed by atoms with E-state index in [4.69, 9.17) is 0 Å². The van der Waals surface area contributed by atoms with Crippen LogP contribution in [-0.4, -0.2) is 17.7 Å². The van der Waals surface area contributed by atoms with Gasteiger partial charge in [0.2, 0.25) is 0 Å². The van der Waals surface area contributed by atoms with E-state index >= 15 is 0 Å². The molecule has 0 heterocycles. The van der Waals surface area contributed by atoms with Crippen LogP contribution in [0.1, 0.15) is 58.9 Å². The number of nitrogens with one attached hydrogen (secondary N) is 1. The molecule has 24 heavy (non-hydrogen) atoms. The first-order valence-electron chi connectivity index (χ1n) is 8.73. The fraction of sp³-hybridized carbons (Fsp3) is 0.333. The summed E-state index contributed by atoms with van der Waals surface area (Å²) in [6, 6.07) is 13.2. The minimum atomic E-state index is -0.0593. The lowest BCUT2D eigenvalue weighted by atomic mass is 9.87. The highest BCUT2D eigenvalue weighted by Gasteiger charge is 2.30. The molecule has 0 unspecified atom stereocenters. The number of rotatable bonds is 2. The first kappa shape index (κ1) is 15.1. The zero-order valence-electron chi connectivity index (χ0n) is 13.8. The summed E-state index contributed by atoms with van der Waals surface area (Å²) in [5.41, 5.74) is 3.62. The number of carbonyl (C=O) groups excluding carboxylic acids is 2. The standard InChI is InChI=1S/C21H21NO2/c1-13-9-11-14(12-10-13)22-21(24)18-8-4-7-17-19(18)15-5-2-3-6-16(15)20(17)23/h2-8,13-14H,9-12H2,1H3,(H,22,24). The highest BCUT2D eigenvalue weighted by atomic mass is 16.1. The van der Waals surface area contributed by atoms with Gasteiger partial charge in [-0.15, -0.1) is 0 Å². The number of hydrogen-bond donors (Lipinski definition) is 1. The van der Waals surface area contributed by atoms with Crippen LogP contribution in [0.3, 0.4) is 0 Å². The third-order valence-corrected chi connectivity index (χ3v) is 5.35. The molecule has 1 fully saturated rings. The maximum Gasteiger partial charge on any atom is 0.252 e. The van der Waals surface area contributed by atoms with Crippen LogP contribution in [0.4, 0.5) is 0 Å². The molecule has 3 heteroatoms. The van der Waals surface area contributed by atoms with E-state index in [0.717, 1.165) is 29.9 Å². The predicted molar refractivity (Wildman–Crippen MR) is 94.2 cm³/mol. The van der Waals surface area contributed by atoms with Crippen molar-refractivity contribution in [2.24, 2.45) is 5.92 Å². The van der Waals surface area contributed by atoms with Crippen molar-refractivity contribution in [3.05, 3.63) is 59.2 Å². The van der Waals surface area contributed by atoms with E-state index in [-0.39, 0.29) is 17.7 Å². The van der Waals surface area contributed by atoms with Crippen LogP contribution in [0.5, 0.6) is 0 Å². The Kier molecular flexibility index (Phi) is 3.72. The van der Waals surface area contributed by atoms with Crippen molar-refractivity contribution < 1.29 is 9.59 Å². The molecule has 1 N–H and O–H groups in total. The van der Waals surface area contributed by atoms with Crippen molar-refractivity contribution >= 4 is 11.7 Å². The first-order valence-corrected chi connectivity index (χ1v) is 8.73. The molecule has 0 aliphatic heterocycles. The quantitative estimate of drug-likeness (QED) is 0.769. The molecule has 0 bridgehead atoms. The van der Waals surface area contributed by atoms with Gasteiger partial charge in [-0.2, -0.15) is 0 Å². The molecule has 2 aromatic carbocycles. The lowest BCUT2D eigenvalue weighted by Crippen LogP contribution is -2.37. The van der Waals surface area contributed by atoms with E-state index in [9.17, 15) is 9.59 Å². The second-order valence-electron chi connectivity index (χ2n) is 7.03. The van der Waals surface area contributed by atoms with Crippen LogP contribution in [-0.2, 0) is 0 Å². The molecular weight excluding hydrogens is 298 g/mol. The highest BCUT2D eigenvalue weighted by Crippen LogP contribution is 2.38. The van der Waals surface area contributed by atoms with Crippen LogP contribution in [0, 0.1) is 5.92 Å². The topological polar surface area (TPSA) is 46.2 Å². The summed E-state index contributed by atoms with van der Waals surface area (Å²) >= 11 is 0. The molecule has 0 saturated heterocycles. The Morgan fingerprint density at radius 2 is 1.58 bits per heavy atom. The Hall–Kier alpha value is -2.42. The van der Waals surface area contributed by atoms with E-state index in [2.05, 4.69) is 12.2 Å². The maximum absolute atomic E-state index is 12.8. The largest absolute Gasteiger partial charge is 0.349 e. The molecule has 0 aromatic heterocycles. The van der Waals surface area contributed by atoms with E-state index in [1.807, 2.05) is 36.4 Å². The molecule has 1 amide bonds. The molecular formula is C21H21NO2. The number of benzene rings is 2. The molecule has 0 radical (unpaired) electrons. The zero-order chi connectivity index (χ0) is 16.7. The number of amides is 1. The minimum Gasteiger partial charge on any atom is -0.349 e. The SMILES string of the molecule is CC1CCC(NC(=O)c2cccc3c2-c2ccccc2C3=O)CC1. The average Bonchev–Trinajstić information content (AvgIpc) is 2.90. The van der Waals surface area contributed by atoms with Gasteiger partial charge in [0.1, 0.15) is 0 Å². The van der Waals surface area contributed by atoms with Gasteiger partial charge in [0, 0.05) is 28.3 Å². The summed E-state index contributed by atoms with van der Waals surface area (Å²) in [5.74, 6) is 0.710. The van der Waals surface area contributed by atoms with Crippen LogP contribution in [0.2, 0.25) is 0 Å². The fourth-order valence-corrected chi connectivity index (χ4v) is 3.93. The maximum atomic E-state index is 12.8. The van der Waals surface area contributed by atoms with Gasteiger partial charge >= 0.3 is 0 Å². The van der Waals surface area contributed by atoms with Gasteiger partial charge in [-0.1, -0.05) is 43.3 Å². The summed E-state index contributed by atoms with van der Waals surface area (Å²) in [4.78, 5) is 25.4. The number of hydrogen-bond acceptors (Lipinski definition) is 2. The molecule has 2 aliphatic carbocycles. The first-order chi connectivity index (χ1) is 11.6. The monoisotopic (exact) mass is 319 g/mol. The summed E-state index contributed by atoms with van der Waals surface area (Å²) in [5, 5.41) is 3.18. The summed E-state index contributed by atoms with van der Waals surface area (Å²) in [7, 11) is 0. The Labute approximate surface area is 142 Å². The number of ketones is 1. The van der Waals surface area contributed by atoms with Crippen molar-refractivity contribution in [1.29, 1.82) is 0 Å². The fourth-order valence-electron chi connectivity index (χ4n) is 3.93. The van der Waals surface area contributed by atoms with Gasteiger partial charge in [-0.25, -0.2) is 0 Å². The van der Waals surface area contributed by atoms with Gasteiger partial charge in [-0.05, 0) is 43.2 Å². The number of fused-ring (bicyclic) bond motifs is 3. The molecule has 2 aliphatic rings. The van der Waals surface area contributed by atoms with E-state index in [1.165, 1.54) is 12.8 Å². The van der Waals surface area contributed by atoms with Crippen molar-refractivity contribution in [1.82, 2.24) is 5.32 Å². The van der Waals surface area contributed by atoms with Gasteiger partial charge in [0.05, 0.1) is 0 Å². The normalized spacial score (nSPS) is 22.0. The van der Waals surface area contributed by atoms with Gasteiger partial charge in [-0.3, -0.25) is 9.59 Å². The van der Waals surface area contributed by atoms with Crippen molar-refractivity contribution in [2.75, 3.05) is 0 Å². The Balaban J connectivity index is 1.67. The molecule has 0 spiro atoms. The molecule has 0 atom stereocenters. The van der Waals surface area contributed by atoms with Gasteiger partial charge < -0.3 is 5.32 Å². The molecule has 4 rings (SSSR count). The minimum absolute atomic E-state index is 0.0155. The second kappa shape index (κ2) is 5.90. The van der Waals surface area contributed by atoms with E-state index < -0.39 is 0 Å². The van der Waals surface area contributed by atoms with Gasteiger partial charge in [0.25, 0.3) is 5.91 Å². The van der Waals surface area contributed by atoms with Crippen LogP contribution in [0.25, 0.3) is 11.1 Å². The van der Waals surface area contributed by atoms with Crippen molar-refractivity contribution in [3.8, 4) is 11.1 Å². The van der Waals surface area contributed by atoms with Crippen molar-refractivity contribution in [2.45, 2.75) is 38.6 Å². The third kappa shape index (κ3) is 2.44. The summed E-state index contributed by atoms with van der Waals surface area (Å²) < 4.78 is 0. The highest BCUT2D eigenvalue weighted by molar-refractivity contribution is 6.24. The summed E-state index contributed by atoms with van der Waals surface area (Å²) in [6.45, 7) is 2.27. The van der Waals surface area contributed by atoms with Crippen LogP contribution >= 0.6 is 0 Å². The lowest BCUT2D eigenvalue weighted by molar-refractivity contribution is 0.0923. The molecule has 1 saturated carbocycles. The number of carbonyl (C=O) groups is 2. The lowest BCUT2D eigenvalue weighted by Gasteiger charge is -2.27. The molecule has 2 aromatic rings. The van der Waals surface area contributed by atoms with E-state index in [1.54, 1.807) is 6.07 Å². The molecule has 122 valence electrons. The summed E-state index contributed by atoms with van der Waals surface area (Å²) in [6.07, 6.45) is 4.41. The Morgan fingerprint density at radius 1 is 0.917 bits per heavy atom. The van der Waals surface area contributed by atoms with Crippen LogP contribution in [0.15, 0.2) is 42.5 Å². The van der Waals surface area contributed by atoms with E-state index in [0.29, 0.717) is 16.7 Å². The Morgan fingerprint density at radius 3 is 2.33 bits per heavy atom. The second-order valence-corrected chi connectivity index (χ2v) is 7.03. The predicted octanol–water partition coefficient (Wildman–Crippen LogP) is 4.21. The Bertz CT molecular complexity index is 816. The zero-order valence-corrected chi connectivity index (χ0v) is 13.8. The molecule has 3 nitrogen and oxygen atoms in total. The van der Waals surface area contributed by atoms with Crippen LogP contribution < -0.4 is 5.32 Å². The third-order valence-electron chi connectivity index (χ3n) is 5.35. The average molecular weight is 319 g/mol. The van der Waals surface area contributed by atoms with Crippen molar-refractivity contribution in [3.63, 3.8) is 0 Å². The van der Waals surface area contributed by atoms with Gasteiger partial charge in [0.15, 0.2) is 5.78 Å².